The monoisotopic (exact) mass is 266 g/mol. The maximum atomic E-state index is 12.0. The quantitative estimate of drug-likeness (QED) is 0.777. The fraction of sp³-hybridized carbons (Fsp3) is 0.462. The van der Waals surface area contributed by atoms with Crippen molar-refractivity contribution in [2.24, 2.45) is 5.92 Å². The van der Waals surface area contributed by atoms with Crippen LogP contribution in [0, 0.1) is 5.92 Å². The summed E-state index contributed by atoms with van der Waals surface area (Å²) in [7, 11) is 1.47. The van der Waals surface area contributed by atoms with Gasteiger partial charge < -0.3 is 15.2 Å². The number of hydrogen-bond donors (Lipinski definition) is 2. The standard InChI is InChI=1S/C13H18N2O4/c1-3-9(6-12(16)17)7-15-13(18)10-4-5-14-8-11(10)19-2/h4-5,8-9H,3,6-7H2,1-2H3,(H,15,18)(H,16,17). The first kappa shape index (κ1) is 14.9. The molecule has 1 amide bonds. The van der Waals surface area contributed by atoms with Gasteiger partial charge in [0.1, 0.15) is 5.75 Å². The lowest BCUT2D eigenvalue weighted by Crippen LogP contribution is -2.30. The second-order valence-electron chi connectivity index (χ2n) is 4.16. The molecule has 1 rings (SSSR count). The summed E-state index contributed by atoms with van der Waals surface area (Å²) in [4.78, 5) is 26.5. The van der Waals surface area contributed by atoms with Crippen LogP contribution in [0.3, 0.4) is 0 Å². The van der Waals surface area contributed by atoms with Gasteiger partial charge in [0.25, 0.3) is 5.91 Å². The number of carbonyl (C=O) groups is 2. The van der Waals surface area contributed by atoms with E-state index in [2.05, 4.69) is 10.3 Å². The van der Waals surface area contributed by atoms with Gasteiger partial charge in [0.15, 0.2) is 0 Å². The molecule has 104 valence electrons. The van der Waals surface area contributed by atoms with Crippen molar-refractivity contribution in [2.75, 3.05) is 13.7 Å². The highest BCUT2D eigenvalue weighted by atomic mass is 16.5. The molecule has 0 aliphatic heterocycles. The molecule has 6 heteroatoms. The van der Waals surface area contributed by atoms with E-state index in [4.69, 9.17) is 9.84 Å². The molecule has 0 aromatic carbocycles. The van der Waals surface area contributed by atoms with E-state index in [1.54, 1.807) is 6.07 Å². The third kappa shape index (κ3) is 4.57. The second kappa shape index (κ2) is 7.35. The highest BCUT2D eigenvalue weighted by Crippen LogP contribution is 2.15. The van der Waals surface area contributed by atoms with E-state index in [9.17, 15) is 9.59 Å². The Kier molecular flexibility index (Phi) is 5.78. The Hall–Kier alpha value is -2.11. The van der Waals surface area contributed by atoms with Gasteiger partial charge in [-0.3, -0.25) is 14.6 Å². The van der Waals surface area contributed by atoms with Crippen molar-refractivity contribution in [2.45, 2.75) is 19.8 Å². The van der Waals surface area contributed by atoms with Crippen LogP contribution < -0.4 is 10.1 Å². The fourth-order valence-electron chi connectivity index (χ4n) is 1.67. The molecule has 2 N–H and O–H groups in total. The van der Waals surface area contributed by atoms with Crippen LogP contribution in [0.2, 0.25) is 0 Å². The Balaban J connectivity index is 2.61. The molecule has 0 aliphatic carbocycles. The van der Waals surface area contributed by atoms with Crippen LogP contribution >= 0.6 is 0 Å². The van der Waals surface area contributed by atoms with Crippen LogP contribution in [0.25, 0.3) is 0 Å². The molecule has 0 saturated heterocycles. The Morgan fingerprint density at radius 3 is 2.84 bits per heavy atom. The smallest absolute Gasteiger partial charge is 0.303 e. The van der Waals surface area contributed by atoms with Crippen molar-refractivity contribution >= 4 is 11.9 Å². The minimum atomic E-state index is -0.859. The number of hydrogen-bond acceptors (Lipinski definition) is 4. The van der Waals surface area contributed by atoms with Crippen molar-refractivity contribution in [3.8, 4) is 5.75 Å². The average Bonchev–Trinajstić information content (AvgIpc) is 2.42. The minimum Gasteiger partial charge on any atom is -0.494 e. The first-order chi connectivity index (χ1) is 9.08. The zero-order valence-corrected chi connectivity index (χ0v) is 11.0. The Labute approximate surface area is 111 Å². The molecule has 0 spiro atoms. The summed E-state index contributed by atoms with van der Waals surface area (Å²) >= 11 is 0. The maximum Gasteiger partial charge on any atom is 0.303 e. The number of methoxy groups -OCH3 is 1. The number of pyridine rings is 1. The summed E-state index contributed by atoms with van der Waals surface area (Å²) in [6.07, 6.45) is 3.71. The third-order valence-corrected chi connectivity index (χ3v) is 2.84. The molecule has 1 aromatic heterocycles. The highest BCUT2D eigenvalue weighted by Gasteiger charge is 2.15. The Morgan fingerprint density at radius 2 is 2.26 bits per heavy atom. The van der Waals surface area contributed by atoms with Gasteiger partial charge in [-0.15, -0.1) is 0 Å². The number of carboxylic acids is 1. The molecule has 0 aliphatic rings. The zero-order chi connectivity index (χ0) is 14.3. The van der Waals surface area contributed by atoms with Crippen LogP contribution in [-0.4, -0.2) is 35.6 Å². The van der Waals surface area contributed by atoms with E-state index >= 15 is 0 Å². The third-order valence-electron chi connectivity index (χ3n) is 2.84. The molecular weight excluding hydrogens is 248 g/mol. The predicted molar refractivity (Wildman–Crippen MR) is 69.2 cm³/mol. The number of nitrogens with one attached hydrogen (secondary N) is 1. The first-order valence-electron chi connectivity index (χ1n) is 6.06. The van der Waals surface area contributed by atoms with E-state index in [1.165, 1.54) is 19.5 Å². The van der Waals surface area contributed by atoms with Crippen LogP contribution in [0.4, 0.5) is 0 Å². The first-order valence-corrected chi connectivity index (χ1v) is 6.06. The average molecular weight is 266 g/mol. The highest BCUT2D eigenvalue weighted by molar-refractivity contribution is 5.96. The molecular formula is C13H18N2O4. The largest absolute Gasteiger partial charge is 0.494 e. The summed E-state index contributed by atoms with van der Waals surface area (Å²) in [6.45, 7) is 2.22. The van der Waals surface area contributed by atoms with E-state index in [-0.39, 0.29) is 18.2 Å². The van der Waals surface area contributed by atoms with Gasteiger partial charge in [-0.05, 0) is 12.0 Å². The van der Waals surface area contributed by atoms with E-state index in [0.717, 1.165) is 0 Å². The van der Waals surface area contributed by atoms with Gasteiger partial charge in [0.05, 0.1) is 18.9 Å². The van der Waals surface area contributed by atoms with Crippen molar-refractivity contribution in [3.05, 3.63) is 24.0 Å². The topological polar surface area (TPSA) is 88.5 Å². The van der Waals surface area contributed by atoms with Gasteiger partial charge in [-0.25, -0.2) is 0 Å². The van der Waals surface area contributed by atoms with Crippen molar-refractivity contribution in [3.63, 3.8) is 0 Å². The van der Waals surface area contributed by atoms with Crippen molar-refractivity contribution in [1.29, 1.82) is 0 Å². The molecule has 1 heterocycles. The van der Waals surface area contributed by atoms with Gasteiger partial charge in [-0.1, -0.05) is 13.3 Å². The van der Waals surface area contributed by atoms with Crippen LogP contribution in [0.1, 0.15) is 30.1 Å². The van der Waals surface area contributed by atoms with Gasteiger partial charge >= 0.3 is 5.97 Å². The molecule has 0 saturated carbocycles. The molecule has 0 bridgehead atoms. The predicted octanol–water partition coefficient (Wildman–Crippen LogP) is 1.32. The summed E-state index contributed by atoms with van der Waals surface area (Å²) in [5.41, 5.74) is 0.391. The maximum absolute atomic E-state index is 12.0. The number of amides is 1. The molecule has 1 atom stereocenters. The van der Waals surface area contributed by atoms with Gasteiger partial charge in [-0.2, -0.15) is 0 Å². The molecule has 0 fully saturated rings. The minimum absolute atomic E-state index is 0.0459. The number of carboxylic acid groups (broad SMARTS) is 1. The summed E-state index contributed by atoms with van der Waals surface area (Å²) in [6, 6.07) is 1.56. The molecule has 6 nitrogen and oxygen atoms in total. The number of aromatic nitrogens is 1. The van der Waals surface area contributed by atoms with Crippen LogP contribution in [0.5, 0.6) is 5.75 Å². The second-order valence-corrected chi connectivity index (χ2v) is 4.16. The summed E-state index contributed by atoms with van der Waals surface area (Å²) in [5.74, 6) is -0.828. The normalized spacial score (nSPS) is 11.7. The molecule has 19 heavy (non-hydrogen) atoms. The van der Waals surface area contributed by atoms with E-state index < -0.39 is 5.97 Å². The fourth-order valence-corrected chi connectivity index (χ4v) is 1.67. The molecule has 0 radical (unpaired) electrons. The van der Waals surface area contributed by atoms with Gasteiger partial charge in [0, 0.05) is 19.2 Å². The number of ether oxygens (including phenoxy) is 1. The number of nitrogens with zero attached hydrogens (tertiary/aromatic N) is 1. The van der Waals surface area contributed by atoms with Crippen molar-refractivity contribution in [1.82, 2.24) is 10.3 Å². The number of carbonyl (C=O) groups excluding carboxylic acids is 1. The lowest BCUT2D eigenvalue weighted by Gasteiger charge is -2.14. The molecule has 1 aromatic rings. The Bertz CT molecular complexity index is 448. The summed E-state index contributed by atoms with van der Waals surface area (Å²) < 4.78 is 5.05. The van der Waals surface area contributed by atoms with Crippen LogP contribution in [0.15, 0.2) is 18.5 Å². The lowest BCUT2D eigenvalue weighted by molar-refractivity contribution is -0.138. The van der Waals surface area contributed by atoms with E-state index in [0.29, 0.717) is 24.3 Å². The van der Waals surface area contributed by atoms with E-state index in [1.807, 2.05) is 6.92 Å². The Morgan fingerprint density at radius 1 is 1.53 bits per heavy atom. The van der Waals surface area contributed by atoms with Gasteiger partial charge in [0.2, 0.25) is 0 Å². The zero-order valence-electron chi connectivity index (χ0n) is 11.0. The number of aliphatic carboxylic acids is 1. The van der Waals surface area contributed by atoms with Crippen molar-refractivity contribution < 1.29 is 19.4 Å². The van der Waals surface area contributed by atoms with Crippen LogP contribution in [-0.2, 0) is 4.79 Å². The summed E-state index contributed by atoms with van der Waals surface area (Å²) in [5, 5.41) is 11.5. The molecule has 1 unspecified atom stereocenters. The lowest BCUT2D eigenvalue weighted by atomic mass is 10.0. The SMILES string of the molecule is CCC(CNC(=O)c1ccncc1OC)CC(=O)O. The number of rotatable bonds is 7.